The number of aromatic nitrogens is 2. The molecule has 0 bridgehead atoms. The summed E-state index contributed by atoms with van der Waals surface area (Å²) in [6.07, 6.45) is 4.06. The third-order valence-corrected chi connectivity index (χ3v) is 5.24. The molecule has 4 rings (SSSR count). The van der Waals surface area contributed by atoms with Crippen molar-refractivity contribution in [3.05, 3.63) is 114 Å². The molecular formula is C27H22F2N4O3. The Bertz CT molecular complexity index is 1330. The number of hydrogen-bond donors (Lipinski definition) is 1. The number of ether oxygens (including phenoxy) is 1. The van der Waals surface area contributed by atoms with Crippen molar-refractivity contribution in [1.82, 2.24) is 9.97 Å². The topological polar surface area (TPSA) is 84.4 Å². The summed E-state index contributed by atoms with van der Waals surface area (Å²) in [7, 11) is 0. The third kappa shape index (κ3) is 5.52. The Morgan fingerprint density at radius 3 is 2.25 bits per heavy atom. The molecule has 182 valence electrons. The van der Waals surface area contributed by atoms with Gasteiger partial charge in [0.25, 0.3) is 11.8 Å². The molecule has 2 amide bonds. The van der Waals surface area contributed by atoms with Crippen molar-refractivity contribution in [3.63, 3.8) is 0 Å². The molecule has 3 aromatic carbocycles. The Morgan fingerprint density at radius 2 is 1.61 bits per heavy atom. The van der Waals surface area contributed by atoms with Gasteiger partial charge >= 0.3 is 0 Å². The zero-order valence-electron chi connectivity index (χ0n) is 19.3. The van der Waals surface area contributed by atoms with Crippen molar-refractivity contribution < 1.29 is 23.1 Å². The Morgan fingerprint density at radius 1 is 0.944 bits per heavy atom. The summed E-state index contributed by atoms with van der Waals surface area (Å²) in [5.41, 5.74) is 0.944. The number of carbonyl (C=O) groups is 2. The average molecular weight is 488 g/mol. The van der Waals surface area contributed by atoms with Crippen LogP contribution in [0.2, 0.25) is 0 Å². The SMILES string of the molecule is CCOc1ccccc1[C@@H](C(=O)Nc1ccc(F)cc1)N(C(=O)c1cnccn1)c1ccc(F)cc1. The molecule has 1 N–H and O–H groups in total. The van der Waals surface area contributed by atoms with E-state index in [9.17, 15) is 18.4 Å². The van der Waals surface area contributed by atoms with E-state index in [1.165, 1.54) is 72.0 Å². The van der Waals surface area contributed by atoms with Crippen LogP contribution in [0.4, 0.5) is 20.2 Å². The van der Waals surface area contributed by atoms with Gasteiger partial charge in [-0.3, -0.25) is 19.5 Å². The summed E-state index contributed by atoms with van der Waals surface area (Å²) in [6, 6.07) is 16.0. The van der Waals surface area contributed by atoms with E-state index < -0.39 is 29.5 Å². The predicted molar refractivity (Wildman–Crippen MR) is 131 cm³/mol. The summed E-state index contributed by atoms with van der Waals surface area (Å²) in [4.78, 5) is 36.9. The fourth-order valence-electron chi connectivity index (χ4n) is 3.65. The van der Waals surface area contributed by atoms with Crippen LogP contribution in [-0.4, -0.2) is 28.4 Å². The average Bonchev–Trinajstić information content (AvgIpc) is 2.90. The number of carbonyl (C=O) groups excluding carboxylic acids is 2. The van der Waals surface area contributed by atoms with E-state index in [4.69, 9.17) is 4.74 Å². The van der Waals surface area contributed by atoms with Gasteiger partial charge in [-0.15, -0.1) is 0 Å². The normalized spacial score (nSPS) is 11.4. The minimum Gasteiger partial charge on any atom is -0.493 e. The third-order valence-electron chi connectivity index (χ3n) is 5.24. The number of para-hydroxylation sites is 1. The van der Waals surface area contributed by atoms with Gasteiger partial charge in [0.15, 0.2) is 0 Å². The maximum absolute atomic E-state index is 13.8. The number of hydrogen-bond acceptors (Lipinski definition) is 5. The highest BCUT2D eigenvalue weighted by Gasteiger charge is 2.36. The monoisotopic (exact) mass is 488 g/mol. The molecule has 36 heavy (non-hydrogen) atoms. The predicted octanol–water partition coefficient (Wildman–Crippen LogP) is 5.18. The molecule has 1 aromatic heterocycles. The molecule has 0 spiro atoms. The van der Waals surface area contributed by atoms with Gasteiger partial charge in [0.2, 0.25) is 0 Å². The van der Waals surface area contributed by atoms with Crippen LogP contribution >= 0.6 is 0 Å². The van der Waals surface area contributed by atoms with E-state index in [0.717, 1.165) is 0 Å². The number of benzene rings is 3. The Balaban J connectivity index is 1.88. The van der Waals surface area contributed by atoms with Crippen LogP contribution in [0, 0.1) is 11.6 Å². The lowest BCUT2D eigenvalue weighted by atomic mass is 10.0. The van der Waals surface area contributed by atoms with Crippen molar-refractivity contribution in [2.75, 3.05) is 16.8 Å². The van der Waals surface area contributed by atoms with Gasteiger partial charge in [0.1, 0.15) is 29.1 Å². The molecule has 7 nitrogen and oxygen atoms in total. The van der Waals surface area contributed by atoms with Crippen LogP contribution in [-0.2, 0) is 4.79 Å². The molecule has 0 saturated carbocycles. The molecule has 0 aliphatic heterocycles. The minimum absolute atomic E-state index is 0.0182. The van der Waals surface area contributed by atoms with Crippen molar-refractivity contribution in [2.45, 2.75) is 13.0 Å². The Kier molecular flexibility index (Phi) is 7.60. The molecule has 0 unspecified atom stereocenters. The largest absolute Gasteiger partial charge is 0.493 e. The van der Waals surface area contributed by atoms with E-state index in [0.29, 0.717) is 23.6 Å². The number of nitrogens with zero attached hydrogens (tertiary/aromatic N) is 3. The summed E-state index contributed by atoms with van der Waals surface area (Å²) in [5.74, 6) is -1.82. The standard InChI is InChI=1S/C27H22F2N4O3/c1-2-36-24-6-4-3-5-22(24)25(26(34)32-20-11-7-18(28)8-12-20)33(21-13-9-19(29)10-14-21)27(35)23-17-30-15-16-31-23/h3-17,25H,2H2,1H3,(H,32,34)/t25-/m0/s1. The van der Waals surface area contributed by atoms with Crippen LogP contribution in [0.3, 0.4) is 0 Å². The Hall–Kier alpha value is -4.66. The Labute approximate surface area is 206 Å². The van der Waals surface area contributed by atoms with Crippen molar-refractivity contribution in [1.29, 1.82) is 0 Å². The molecule has 1 atom stereocenters. The van der Waals surface area contributed by atoms with Gasteiger partial charge in [-0.05, 0) is 61.5 Å². The summed E-state index contributed by atoms with van der Waals surface area (Å²) in [6.45, 7) is 2.12. The maximum atomic E-state index is 13.8. The lowest BCUT2D eigenvalue weighted by Crippen LogP contribution is -2.42. The first-order chi connectivity index (χ1) is 17.5. The highest BCUT2D eigenvalue weighted by molar-refractivity contribution is 6.11. The molecule has 0 aliphatic carbocycles. The van der Waals surface area contributed by atoms with Gasteiger partial charge in [-0.1, -0.05) is 18.2 Å². The summed E-state index contributed by atoms with van der Waals surface area (Å²) < 4.78 is 33.0. The lowest BCUT2D eigenvalue weighted by molar-refractivity contribution is -0.117. The zero-order valence-corrected chi connectivity index (χ0v) is 19.3. The minimum atomic E-state index is -1.27. The van der Waals surface area contributed by atoms with E-state index >= 15 is 0 Å². The van der Waals surface area contributed by atoms with Crippen LogP contribution in [0.5, 0.6) is 5.75 Å². The van der Waals surface area contributed by atoms with Crippen LogP contribution in [0.1, 0.15) is 29.0 Å². The highest BCUT2D eigenvalue weighted by atomic mass is 19.1. The highest BCUT2D eigenvalue weighted by Crippen LogP contribution is 2.35. The van der Waals surface area contributed by atoms with Crippen LogP contribution < -0.4 is 15.0 Å². The number of amides is 2. The lowest BCUT2D eigenvalue weighted by Gasteiger charge is -2.32. The first-order valence-corrected chi connectivity index (χ1v) is 11.1. The molecule has 0 aliphatic rings. The maximum Gasteiger partial charge on any atom is 0.279 e. The zero-order chi connectivity index (χ0) is 25.5. The number of anilines is 2. The van der Waals surface area contributed by atoms with Gasteiger partial charge in [0.05, 0.1) is 12.8 Å². The second kappa shape index (κ2) is 11.2. The quantitative estimate of drug-likeness (QED) is 0.370. The van der Waals surface area contributed by atoms with Gasteiger partial charge in [0, 0.05) is 29.3 Å². The van der Waals surface area contributed by atoms with Crippen molar-refractivity contribution >= 4 is 23.2 Å². The van der Waals surface area contributed by atoms with E-state index in [2.05, 4.69) is 15.3 Å². The van der Waals surface area contributed by atoms with E-state index in [1.54, 1.807) is 31.2 Å². The molecule has 0 fully saturated rings. The van der Waals surface area contributed by atoms with E-state index in [-0.39, 0.29) is 11.4 Å². The van der Waals surface area contributed by atoms with E-state index in [1.807, 2.05) is 0 Å². The number of halogens is 2. The molecule has 0 saturated heterocycles. The summed E-state index contributed by atoms with van der Waals surface area (Å²) >= 11 is 0. The van der Waals surface area contributed by atoms with Crippen LogP contribution in [0.25, 0.3) is 0 Å². The van der Waals surface area contributed by atoms with Crippen molar-refractivity contribution in [3.8, 4) is 5.75 Å². The van der Waals surface area contributed by atoms with Gasteiger partial charge in [-0.25, -0.2) is 13.8 Å². The van der Waals surface area contributed by atoms with Crippen molar-refractivity contribution in [2.24, 2.45) is 0 Å². The molecule has 1 heterocycles. The molecule has 0 radical (unpaired) electrons. The smallest absolute Gasteiger partial charge is 0.279 e. The second-order valence-electron chi connectivity index (χ2n) is 7.61. The molecule has 9 heteroatoms. The number of rotatable bonds is 8. The molecular weight excluding hydrogens is 466 g/mol. The van der Waals surface area contributed by atoms with Gasteiger partial charge in [-0.2, -0.15) is 0 Å². The fourth-order valence-corrected chi connectivity index (χ4v) is 3.65. The van der Waals surface area contributed by atoms with Crippen LogP contribution in [0.15, 0.2) is 91.4 Å². The summed E-state index contributed by atoms with van der Waals surface area (Å²) in [5, 5.41) is 2.74. The first kappa shape index (κ1) is 24.5. The fraction of sp³-hybridized carbons (Fsp3) is 0.111. The second-order valence-corrected chi connectivity index (χ2v) is 7.61. The first-order valence-electron chi connectivity index (χ1n) is 11.1. The van der Waals surface area contributed by atoms with Gasteiger partial charge < -0.3 is 10.1 Å². The molecule has 4 aromatic rings. The number of nitrogens with one attached hydrogen (secondary N) is 1.